The molecular weight excluding hydrogens is 385 g/mol. The first-order valence-electron chi connectivity index (χ1n) is 6.52. The molecule has 0 saturated heterocycles. The lowest BCUT2D eigenvalue weighted by Crippen LogP contribution is -3.00. The standard InChI is InChI=1S/C13H16N5S.HI/c1-3-7-17-8-5-6-10(9-17)12-16-18-11(4-2)14-15-13(18)19-12;/h5-6,8-9H,3-4,7H2,1-2H3;1H/q+1;/p-1. The minimum Gasteiger partial charge on any atom is -1.00 e. The number of nitrogens with zero attached hydrogens (tertiary/aromatic N) is 5. The summed E-state index contributed by atoms with van der Waals surface area (Å²) in [4.78, 5) is 0.859. The van der Waals surface area contributed by atoms with E-state index in [0.29, 0.717) is 0 Å². The zero-order valence-electron chi connectivity index (χ0n) is 11.5. The summed E-state index contributed by atoms with van der Waals surface area (Å²) in [6.45, 7) is 5.27. The third kappa shape index (κ3) is 2.83. The van der Waals surface area contributed by atoms with E-state index in [9.17, 15) is 0 Å². The van der Waals surface area contributed by atoms with E-state index in [1.165, 1.54) is 0 Å². The van der Waals surface area contributed by atoms with Crippen LogP contribution in [0.3, 0.4) is 0 Å². The largest absolute Gasteiger partial charge is 1.00 e. The van der Waals surface area contributed by atoms with Crippen molar-refractivity contribution >= 4 is 16.3 Å². The highest BCUT2D eigenvalue weighted by atomic mass is 127. The average Bonchev–Trinajstić information content (AvgIpc) is 2.99. The molecule has 5 nitrogen and oxygen atoms in total. The molecule has 3 aromatic rings. The number of hydrogen-bond acceptors (Lipinski definition) is 4. The number of rotatable bonds is 4. The molecule has 0 aliphatic heterocycles. The van der Waals surface area contributed by atoms with Crippen molar-refractivity contribution in [3.05, 3.63) is 30.4 Å². The van der Waals surface area contributed by atoms with Crippen LogP contribution in [0.2, 0.25) is 0 Å². The predicted octanol–water partition coefficient (Wildman–Crippen LogP) is -0.883. The van der Waals surface area contributed by atoms with E-state index in [0.717, 1.165) is 40.7 Å². The summed E-state index contributed by atoms with van der Waals surface area (Å²) in [5, 5.41) is 13.9. The molecule has 7 heteroatoms. The van der Waals surface area contributed by atoms with Gasteiger partial charge in [0.15, 0.2) is 23.2 Å². The van der Waals surface area contributed by atoms with Gasteiger partial charge in [0.1, 0.15) is 6.54 Å². The highest BCUT2D eigenvalue weighted by molar-refractivity contribution is 7.19. The number of hydrogen-bond donors (Lipinski definition) is 0. The predicted molar refractivity (Wildman–Crippen MR) is 74.0 cm³/mol. The van der Waals surface area contributed by atoms with Crippen LogP contribution in [0.4, 0.5) is 0 Å². The molecule has 0 aromatic carbocycles. The molecule has 0 atom stereocenters. The third-order valence-electron chi connectivity index (χ3n) is 2.96. The van der Waals surface area contributed by atoms with Crippen LogP contribution in [0.15, 0.2) is 24.5 Å². The van der Waals surface area contributed by atoms with Crippen LogP contribution in [0.25, 0.3) is 15.5 Å². The van der Waals surface area contributed by atoms with Gasteiger partial charge in [-0.2, -0.15) is 9.61 Å². The molecule has 3 rings (SSSR count). The molecule has 0 N–H and O–H groups in total. The maximum Gasteiger partial charge on any atom is 0.234 e. The molecule has 0 bridgehead atoms. The summed E-state index contributed by atoms with van der Waals surface area (Å²) < 4.78 is 4.04. The van der Waals surface area contributed by atoms with Gasteiger partial charge in [-0.1, -0.05) is 25.2 Å². The molecule has 0 amide bonds. The molecule has 0 aliphatic carbocycles. The topological polar surface area (TPSA) is 47.0 Å². The van der Waals surface area contributed by atoms with Crippen molar-refractivity contribution in [1.29, 1.82) is 0 Å². The van der Waals surface area contributed by atoms with E-state index in [-0.39, 0.29) is 24.0 Å². The maximum atomic E-state index is 4.61. The summed E-state index contributed by atoms with van der Waals surface area (Å²) in [5.41, 5.74) is 1.13. The van der Waals surface area contributed by atoms with E-state index in [1.54, 1.807) is 11.3 Å². The van der Waals surface area contributed by atoms with E-state index in [4.69, 9.17) is 0 Å². The van der Waals surface area contributed by atoms with Crippen LogP contribution in [0.5, 0.6) is 0 Å². The second-order valence-electron chi connectivity index (χ2n) is 4.40. The molecule has 0 saturated carbocycles. The Morgan fingerprint density at radius 1 is 1.30 bits per heavy atom. The van der Waals surface area contributed by atoms with Gasteiger partial charge in [-0.3, -0.25) is 0 Å². The maximum absolute atomic E-state index is 4.61. The van der Waals surface area contributed by atoms with Crippen LogP contribution in [-0.4, -0.2) is 19.8 Å². The number of aryl methyl sites for hydroxylation is 2. The Kier molecular flexibility index (Phi) is 5.03. The molecule has 0 fully saturated rings. The van der Waals surface area contributed by atoms with Crippen molar-refractivity contribution in [1.82, 2.24) is 19.8 Å². The van der Waals surface area contributed by atoms with Crippen molar-refractivity contribution in [2.45, 2.75) is 33.2 Å². The molecule has 3 heterocycles. The second kappa shape index (κ2) is 6.57. The van der Waals surface area contributed by atoms with Crippen molar-refractivity contribution in [3.8, 4) is 10.6 Å². The van der Waals surface area contributed by atoms with Crippen molar-refractivity contribution in [2.75, 3.05) is 0 Å². The Morgan fingerprint density at radius 2 is 2.15 bits per heavy atom. The minimum atomic E-state index is 0. The van der Waals surface area contributed by atoms with Crippen molar-refractivity contribution < 1.29 is 28.5 Å². The summed E-state index contributed by atoms with van der Waals surface area (Å²) in [7, 11) is 0. The number of halogens is 1. The Balaban J connectivity index is 0.00000147. The van der Waals surface area contributed by atoms with Crippen molar-refractivity contribution in [3.63, 3.8) is 0 Å². The first kappa shape index (κ1) is 15.3. The number of pyridine rings is 1. The zero-order chi connectivity index (χ0) is 13.2. The highest BCUT2D eigenvalue weighted by Gasteiger charge is 2.13. The van der Waals surface area contributed by atoms with Gasteiger partial charge >= 0.3 is 0 Å². The third-order valence-corrected chi connectivity index (χ3v) is 3.91. The molecule has 20 heavy (non-hydrogen) atoms. The average molecular weight is 401 g/mol. The fourth-order valence-corrected chi connectivity index (χ4v) is 2.89. The molecule has 3 aromatic heterocycles. The van der Waals surface area contributed by atoms with Gasteiger partial charge in [-0.25, -0.2) is 4.57 Å². The van der Waals surface area contributed by atoms with Crippen LogP contribution < -0.4 is 28.5 Å². The lowest BCUT2D eigenvalue weighted by Gasteiger charge is -1.96. The van der Waals surface area contributed by atoms with Crippen LogP contribution in [0.1, 0.15) is 26.1 Å². The van der Waals surface area contributed by atoms with Gasteiger partial charge in [0.05, 0.1) is 5.56 Å². The summed E-state index contributed by atoms with van der Waals surface area (Å²) in [6.07, 6.45) is 6.19. The summed E-state index contributed by atoms with van der Waals surface area (Å²) in [6, 6.07) is 4.15. The normalized spacial score (nSPS) is 10.7. The van der Waals surface area contributed by atoms with E-state index >= 15 is 0 Å². The number of fused-ring (bicyclic) bond motifs is 1. The second-order valence-corrected chi connectivity index (χ2v) is 5.36. The fourth-order valence-electron chi connectivity index (χ4n) is 2.04. The molecule has 0 spiro atoms. The monoisotopic (exact) mass is 401 g/mol. The first-order chi connectivity index (χ1) is 9.31. The summed E-state index contributed by atoms with van der Waals surface area (Å²) in [5.74, 6) is 0.912. The minimum absolute atomic E-state index is 0. The van der Waals surface area contributed by atoms with Crippen molar-refractivity contribution in [2.24, 2.45) is 0 Å². The van der Waals surface area contributed by atoms with Gasteiger partial charge < -0.3 is 24.0 Å². The van der Waals surface area contributed by atoms with E-state index < -0.39 is 0 Å². The van der Waals surface area contributed by atoms with Crippen LogP contribution >= 0.6 is 11.3 Å². The van der Waals surface area contributed by atoms with Crippen LogP contribution in [-0.2, 0) is 13.0 Å². The quantitative estimate of drug-likeness (QED) is 0.422. The Labute approximate surface area is 138 Å². The van der Waals surface area contributed by atoms with E-state index in [1.807, 2.05) is 4.52 Å². The molecule has 0 radical (unpaired) electrons. The molecular formula is C13H16IN5S. The lowest BCUT2D eigenvalue weighted by atomic mass is 10.3. The van der Waals surface area contributed by atoms with Gasteiger partial charge in [-0.05, 0) is 6.07 Å². The van der Waals surface area contributed by atoms with Gasteiger partial charge in [0, 0.05) is 18.9 Å². The SMILES string of the molecule is CCC[n+]1cccc(-c2nn3c(CC)nnc3s2)c1.[I-]. The fraction of sp³-hybridized carbons (Fsp3) is 0.385. The van der Waals surface area contributed by atoms with Gasteiger partial charge in [-0.15, -0.1) is 10.2 Å². The lowest BCUT2D eigenvalue weighted by molar-refractivity contribution is -0.696. The molecule has 106 valence electrons. The van der Waals surface area contributed by atoms with Gasteiger partial charge in [0.25, 0.3) is 0 Å². The van der Waals surface area contributed by atoms with Gasteiger partial charge in [0.2, 0.25) is 4.96 Å². The Morgan fingerprint density at radius 3 is 2.90 bits per heavy atom. The smallest absolute Gasteiger partial charge is 0.234 e. The van der Waals surface area contributed by atoms with Crippen LogP contribution in [0, 0.1) is 0 Å². The highest BCUT2D eigenvalue weighted by Crippen LogP contribution is 2.24. The van der Waals surface area contributed by atoms with E-state index in [2.05, 4.69) is 58.2 Å². The Hall–Kier alpha value is -1.09. The zero-order valence-corrected chi connectivity index (χ0v) is 14.4. The summed E-state index contributed by atoms with van der Waals surface area (Å²) >= 11 is 1.58. The first-order valence-corrected chi connectivity index (χ1v) is 7.34. The molecule has 0 unspecified atom stereocenters. The molecule has 0 aliphatic rings. The Bertz CT molecular complexity index is 706. The number of aromatic nitrogens is 5.